The zero-order valence-corrected chi connectivity index (χ0v) is 19.0. The molecule has 4 fully saturated rings. The topological polar surface area (TPSA) is 45.7 Å². The molecule has 2 aliphatic heterocycles. The number of carbonyl (C=O) groups is 1. The molecule has 1 spiro atoms. The van der Waals surface area contributed by atoms with Crippen molar-refractivity contribution in [3.63, 3.8) is 0 Å². The van der Waals surface area contributed by atoms with E-state index in [1.165, 1.54) is 44.9 Å². The summed E-state index contributed by atoms with van der Waals surface area (Å²) in [6.07, 6.45) is 13.7. The van der Waals surface area contributed by atoms with Crippen LogP contribution in [-0.2, 0) is 4.74 Å². The Balaban J connectivity index is 1.12. The van der Waals surface area contributed by atoms with Gasteiger partial charge in [-0.05, 0) is 55.9 Å². The second-order valence-electron chi connectivity index (χ2n) is 10.5. The number of ether oxygens (including phenoxy) is 1. The SMILES string of the molecule is O=C(c1nccc2ccccc12)N1CCC(N2CC(OCC3CC3)C23CCCCC3)CC1. The summed E-state index contributed by atoms with van der Waals surface area (Å²) in [5, 5.41) is 2.04. The number of amides is 1. The Hall–Kier alpha value is -1.98. The largest absolute Gasteiger partial charge is 0.375 e. The number of piperidine rings is 1. The quantitative estimate of drug-likeness (QED) is 0.688. The summed E-state index contributed by atoms with van der Waals surface area (Å²) in [4.78, 5) is 22.6. The number of likely N-dealkylation sites (tertiary alicyclic amines) is 2. The fourth-order valence-electron chi connectivity index (χ4n) is 6.45. The Labute approximate surface area is 191 Å². The molecule has 0 N–H and O–H groups in total. The molecule has 1 aromatic heterocycles. The maximum absolute atomic E-state index is 13.3. The van der Waals surface area contributed by atoms with E-state index in [1.807, 2.05) is 29.2 Å². The van der Waals surface area contributed by atoms with Gasteiger partial charge in [-0.25, -0.2) is 0 Å². The van der Waals surface area contributed by atoms with Gasteiger partial charge in [0.15, 0.2) is 0 Å². The Morgan fingerprint density at radius 1 is 1.03 bits per heavy atom. The molecule has 1 aromatic carbocycles. The van der Waals surface area contributed by atoms with Crippen LogP contribution in [0.3, 0.4) is 0 Å². The normalized spacial score (nSPS) is 26.4. The van der Waals surface area contributed by atoms with Crippen molar-refractivity contribution in [3.8, 4) is 0 Å². The highest BCUT2D eigenvalue weighted by Crippen LogP contribution is 2.48. The number of rotatable bonds is 5. The minimum absolute atomic E-state index is 0.0851. The van der Waals surface area contributed by atoms with Crippen LogP contribution in [0.2, 0.25) is 0 Å². The zero-order chi connectivity index (χ0) is 21.5. The van der Waals surface area contributed by atoms with Crippen LogP contribution in [0.15, 0.2) is 36.5 Å². The maximum Gasteiger partial charge on any atom is 0.273 e. The standard InChI is InChI=1S/C27H35N3O2/c31-26(25-23-7-3-2-6-21(23)10-15-28-25)29-16-11-22(12-17-29)30-18-24(32-19-20-8-9-20)27(30)13-4-1-5-14-27/h2-3,6-7,10,15,20,22,24H,1,4-5,8-9,11-14,16-19H2. The summed E-state index contributed by atoms with van der Waals surface area (Å²) >= 11 is 0. The lowest BCUT2D eigenvalue weighted by Crippen LogP contribution is -2.75. The number of pyridine rings is 1. The monoisotopic (exact) mass is 433 g/mol. The van der Waals surface area contributed by atoms with Gasteiger partial charge in [0.25, 0.3) is 5.91 Å². The first-order valence-corrected chi connectivity index (χ1v) is 12.8. The van der Waals surface area contributed by atoms with Gasteiger partial charge in [-0.1, -0.05) is 43.5 Å². The molecule has 32 heavy (non-hydrogen) atoms. The van der Waals surface area contributed by atoms with Crippen molar-refractivity contribution in [2.24, 2.45) is 5.92 Å². The van der Waals surface area contributed by atoms with Gasteiger partial charge in [0.05, 0.1) is 6.10 Å². The third-order valence-corrected chi connectivity index (χ3v) is 8.55. The van der Waals surface area contributed by atoms with Gasteiger partial charge in [-0.2, -0.15) is 0 Å². The molecule has 2 aliphatic carbocycles. The molecular formula is C27H35N3O2. The van der Waals surface area contributed by atoms with E-state index in [2.05, 4.69) is 16.0 Å². The van der Waals surface area contributed by atoms with Gasteiger partial charge in [0, 0.05) is 49.4 Å². The fraction of sp³-hybridized carbons (Fsp3) is 0.630. The third kappa shape index (κ3) is 3.63. The lowest BCUT2D eigenvalue weighted by Gasteiger charge is -2.63. The third-order valence-electron chi connectivity index (χ3n) is 8.55. The number of hydrogen-bond acceptors (Lipinski definition) is 4. The number of nitrogens with zero attached hydrogens (tertiary/aromatic N) is 3. The highest BCUT2D eigenvalue weighted by Gasteiger charge is 2.56. The highest BCUT2D eigenvalue weighted by molar-refractivity contribution is 6.05. The summed E-state index contributed by atoms with van der Waals surface area (Å²) in [6.45, 7) is 3.73. The molecule has 5 heteroatoms. The molecule has 3 heterocycles. The molecule has 0 radical (unpaired) electrons. The van der Waals surface area contributed by atoms with E-state index in [0.717, 1.165) is 55.8 Å². The van der Waals surface area contributed by atoms with Crippen molar-refractivity contribution in [1.82, 2.24) is 14.8 Å². The molecule has 4 aliphatic rings. The van der Waals surface area contributed by atoms with E-state index < -0.39 is 0 Å². The Kier molecular flexibility index (Phi) is 5.42. The zero-order valence-electron chi connectivity index (χ0n) is 19.0. The number of aromatic nitrogens is 1. The molecule has 0 bridgehead atoms. The maximum atomic E-state index is 13.3. The molecular weight excluding hydrogens is 398 g/mol. The molecule has 1 unspecified atom stereocenters. The second-order valence-corrected chi connectivity index (χ2v) is 10.5. The Bertz CT molecular complexity index is 969. The van der Waals surface area contributed by atoms with Crippen molar-refractivity contribution in [2.45, 2.75) is 75.5 Å². The van der Waals surface area contributed by atoms with Gasteiger partial charge in [0.1, 0.15) is 5.69 Å². The van der Waals surface area contributed by atoms with E-state index in [0.29, 0.717) is 17.8 Å². The van der Waals surface area contributed by atoms with Gasteiger partial charge in [0.2, 0.25) is 0 Å². The summed E-state index contributed by atoms with van der Waals surface area (Å²) < 4.78 is 6.46. The number of carbonyl (C=O) groups excluding carboxylic acids is 1. The molecule has 1 atom stereocenters. The van der Waals surface area contributed by atoms with E-state index in [-0.39, 0.29) is 11.4 Å². The van der Waals surface area contributed by atoms with Crippen molar-refractivity contribution in [3.05, 3.63) is 42.2 Å². The second kappa shape index (κ2) is 8.42. The van der Waals surface area contributed by atoms with Crippen LogP contribution in [-0.4, -0.2) is 64.6 Å². The minimum atomic E-state index is 0.0851. The van der Waals surface area contributed by atoms with E-state index in [4.69, 9.17) is 4.74 Å². The fourth-order valence-corrected chi connectivity index (χ4v) is 6.45. The smallest absolute Gasteiger partial charge is 0.273 e. The molecule has 2 aromatic rings. The van der Waals surface area contributed by atoms with Crippen LogP contribution in [0.1, 0.15) is 68.3 Å². The van der Waals surface area contributed by atoms with Crippen LogP contribution >= 0.6 is 0 Å². The summed E-state index contributed by atoms with van der Waals surface area (Å²) in [7, 11) is 0. The Morgan fingerprint density at radius 3 is 2.59 bits per heavy atom. The Morgan fingerprint density at radius 2 is 1.81 bits per heavy atom. The predicted molar refractivity (Wildman–Crippen MR) is 126 cm³/mol. The molecule has 2 saturated carbocycles. The molecule has 1 amide bonds. The summed E-state index contributed by atoms with van der Waals surface area (Å²) in [5.74, 6) is 0.920. The number of benzene rings is 1. The van der Waals surface area contributed by atoms with Crippen molar-refractivity contribution >= 4 is 16.7 Å². The van der Waals surface area contributed by atoms with Crippen LogP contribution in [0.25, 0.3) is 10.8 Å². The minimum Gasteiger partial charge on any atom is -0.375 e. The average molecular weight is 434 g/mol. The van der Waals surface area contributed by atoms with Gasteiger partial charge < -0.3 is 9.64 Å². The van der Waals surface area contributed by atoms with Crippen LogP contribution in [0.4, 0.5) is 0 Å². The summed E-state index contributed by atoms with van der Waals surface area (Å²) in [5.41, 5.74) is 0.879. The predicted octanol–water partition coefficient (Wildman–Crippen LogP) is 4.65. The molecule has 2 saturated heterocycles. The van der Waals surface area contributed by atoms with Gasteiger partial charge in [-0.3, -0.25) is 14.7 Å². The van der Waals surface area contributed by atoms with Crippen molar-refractivity contribution < 1.29 is 9.53 Å². The highest BCUT2D eigenvalue weighted by atomic mass is 16.5. The van der Waals surface area contributed by atoms with E-state index >= 15 is 0 Å². The number of hydrogen-bond donors (Lipinski definition) is 0. The van der Waals surface area contributed by atoms with Gasteiger partial charge >= 0.3 is 0 Å². The van der Waals surface area contributed by atoms with Crippen molar-refractivity contribution in [2.75, 3.05) is 26.2 Å². The van der Waals surface area contributed by atoms with Crippen LogP contribution < -0.4 is 0 Å². The molecule has 5 nitrogen and oxygen atoms in total. The first kappa shape index (κ1) is 20.6. The van der Waals surface area contributed by atoms with Crippen LogP contribution in [0.5, 0.6) is 0 Å². The molecule has 6 rings (SSSR count). The van der Waals surface area contributed by atoms with E-state index in [1.54, 1.807) is 6.20 Å². The number of fused-ring (bicyclic) bond motifs is 1. The lowest BCUT2D eigenvalue weighted by molar-refractivity contribution is -0.202. The first-order valence-electron chi connectivity index (χ1n) is 12.8. The first-order chi connectivity index (χ1) is 15.7. The average Bonchev–Trinajstić information content (AvgIpc) is 3.68. The van der Waals surface area contributed by atoms with Crippen LogP contribution in [0, 0.1) is 5.92 Å². The van der Waals surface area contributed by atoms with Gasteiger partial charge in [-0.15, -0.1) is 0 Å². The summed E-state index contributed by atoms with van der Waals surface area (Å²) in [6, 6.07) is 10.6. The molecule has 170 valence electrons. The lowest BCUT2D eigenvalue weighted by atomic mass is 9.69. The van der Waals surface area contributed by atoms with E-state index in [9.17, 15) is 4.79 Å². The van der Waals surface area contributed by atoms with Crippen molar-refractivity contribution in [1.29, 1.82) is 0 Å².